The molecule has 0 aromatic rings. The number of nitrogens with one attached hydrogen (secondary N) is 3. The fourth-order valence-corrected chi connectivity index (χ4v) is 0.877. The summed E-state index contributed by atoms with van der Waals surface area (Å²) in [5.74, 6) is 10.4. The second-order valence-corrected chi connectivity index (χ2v) is 2.11. The Morgan fingerprint density at radius 1 is 1.33 bits per heavy atom. The highest BCUT2D eigenvalue weighted by atomic mass is 16.0. The molecule has 0 aromatic carbocycles. The molecule has 7 N–H and O–H groups in total. The molecule has 0 radical (unpaired) electrons. The largest absolute Gasteiger partial charge is 0.261 e. The third-order valence-electron chi connectivity index (χ3n) is 1.55. The van der Waals surface area contributed by atoms with E-state index in [0.29, 0.717) is 11.4 Å². The smallest absolute Gasteiger partial charge is 0.171 e. The lowest BCUT2D eigenvalue weighted by Gasteiger charge is -2.26. The summed E-state index contributed by atoms with van der Waals surface area (Å²) in [6.45, 7) is 2.49. The average Bonchev–Trinajstić information content (AvgIpc) is 2.36. The lowest BCUT2D eigenvalue weighted by Crippen LogP contribution is -2.70. The van der Waals surface area contributed by atoms with Crippen LogP contribution in [-0.4, -0.2) is 24.5 Å². The molecule has 0 atom stereocenters. The maximum atomic E-state index is 5.22. The van der Waals surface area contributed by atoms with E-state index in [0.717, 1.165) is 13.1 Å². The van der Waals surface area contributed by atoms with Crippen molar-refractivity contribution in [3.63, 3.8) is 0 Å². The third-order valence-corrected chi connectivity index (χ3v) is 1.55. The molecule has 0 bridgehead atoms. The van der Waals surface area contributed by atoms with E-state index in [9.17, 15) is 0 Å². The maximum absolute atomic E-state index is 5.22. The van der Waals surface area contributed by atoms with Crippen LogP contribution in [-0.2, 0) is 0 Å². The molecule has 0 unspecified atom stereocenters. The predicted molar refractivity (Wildman–Crippen MR) is 32.6 cm³/mol. The first-order valence-electron chi connectivity index (χ1n) is 2.86. The molecule has 9 heavy (non-hydrogen) atoms. The number of nitrogens with zero attached hydrogens (tertiary/aromatic N) is 1. The Morgan fingerprint density at radius 3 is 2.22 bits per heavy atom. The van der Waals surface area contributed by atoms with Crippen molar-refractivity contribution in [1.82, 2.24) is 16.4 Å². The third kappa shape index (κ3) is 1.18. The van der Waals surface area contributed by atoms with Crippen molar-refractivity contribution in [1.29, 1.82) is 0 Å². The summed E-state index contributed by atoms with van der Waals surface area (Å²) in [7, 11) is 0. The highest BCUT2D eigenvalue weighted by Crippen LogP contribution is 1.94. The van der Waals surface area contributed by atoms with Gasteiger partial charge in [0, 0.05) is 0 Å². The van der Waals surface area contributed by atoms with Gasteiger partial charge in [0.2, 0.25) is 0 Å². The van der Waals surface area contributed by atoms with Crippen molar-refractivity contribution >= 4 is 0 Å². The van der Waals surface area contributed by atoms with Crippen LogP contribution in [0, 0.1) is 0 Å². The van der Waals surface area contributed by atoms with Crippen LogP contribution in [0.3, 0.4) is 0 Å². The van der Waals surface area contributed by atoms with Crippen molar-refractivity contribution in [2.75, 3.05) is 19.8 Å². The summed E-state index contributed by atoms with van der Waals surface area (Å²) in [6.07, 6.45) is 0. The zero-order valence-electron chi connectivity index (χ0n) is 5.22. The van der Waals surface area contributed by atoms with Crippen LogP contribution >= 0.6 is 0 Å². The molecule has 1 rings (SSSR count). The molecule has 1 fully saturated rings. The Balaban J connectivity index is 2.45. The van der Waals surface area contributed by atoms with Crippen molar-refractivity contribution in [3.05, 3.63) is 0 Å². The van der Waals surface area contributed by atoms with Crippen LogP contribution in [0.5, 0.6) is 0 Å². The minimum Gasteiger partial charge on any atom is -0.261 e. The SMILES string of the molecule is NN[N+]1(NN)CCNC1. The van der Waals surface area contributed by atoms with E-state index in [1.165, 1.54) is 0 Å². The van der Waals surface area contributed by atoms with Gasteiger partial charge in [-0.3, -0.25) is 5.32 Å². The molecule has 0 amide bonds. The zero-order chi connectivity index (χ0) is 6.74. The van der Waals surface area contributed by atoms with Crippen LogP contribution in [0.15, 0.2) is 0 Å². The molecule has 0 saturated carbocycles. The summed E-state index contributed by atoms with van der Waals surface area (Å²) >= 11 is 0. The van der Waals surface area contributed by atoms with Crippen LogP contribution < -0.4 is 28.1 Å². The predicted octanol–water partition coefficient (Wildman–Crippen LogP) is -2.88. The van der Waals surface area contributed by atoms with Gasteiger partial charge in [0.15, 0.2) is 6.67 Å². The van der Waals surface area contributed by atoms with Crippen molar-refractivity contribution in [2.24, 2.45) is 11.7 Å². The van der Waals surface area contributed by atoms with E-state index in [4.69, 9.17) is 11.7 Å². The average molecular weight is 133 g/mol. The van der Waals surface area contributed by atoms with E-state index in [2.05, 4.69) is 16.4 Å². The monoisotopic (exact) mass is 133 g/mol. The molecule has 0 spiro atoms. The second-order valence-electron chi connectivity index (χ2n) is 2.11. The van der Waals surface area contributed by atoms with E-state index >= 15 is 0 Å². The normalized spacial score (nSPS) is 24.7. The topological polar surface area (TPSA) is 88.1 Å². The summed E-state index contributed by atoms with van der Waals surface area (Å²) in [6, 6.07) is 0. The van der Waals surface area contributed by atoms with Crippen molar-refractivity contribution in [3.8, 4) is 0 Å². The van der Waals surface area contributed by atoms with Gasteiger partial charge in [-0.1, -0.05) is 11.1 Å². The van der Waals surface area contributed by atoms with E-state index < -0.39 is 0 Å². The zero-order valence-corrected chi connectivity index (χ0v) is 5.22. The molecule has 1 heterocycles. The molecule has 1 saturated heterocycles. The lowest BCUT2D eigenvalue weighted by atomic mass is 10.7. The van der Waals surface area contributed by atoms with Crippen molar-refractivity contribution in [2.45, 2.75) is 0 Å². The highest BCUT2D eigenvalue weighted by Gasteiger charge is 2.30. The minimum absolute atomic E-state index is 0.333. The fourth-order valence-electron chi connectivity index (χ4n) is 0.877. The quantitative estimate of drug-likeness (QED) is 0.159. The molecule has 0 aliphatic carbocycles. The first kappa shape index (κ1) is 6.87. The molecule has 6 nitrogen and oxygen atoms in total. The highest BCUT2D eigenvalue weighted by molar-refractivity contribution is 4.45. The number of rotatable bonds is 2. The molecule has 0 aromatic heterocycles. The number of hydrogen-bond donors (Lipinski definition) is 5. The van der Waals surface area contributed by atoms with Gasteiger partial charge in [0.05, 0.1) is 6.54 Å². The van der Waals surface area contributed by atoms with Gasteiger partial charge in [-0.05, 0) is 0 Å². The van der Waals surface area contributed by atoms with E-state index in [-0.39, 0.29) is 0 Å². The van der Waals surface area contributed by atoms with Gasteiger partial charge in [0.1, 0.15) is 6.54 Å². The number of quaternary nitrogens is 1. The Morgan fingerprint density at radius 2 is 2.00 bits per heavy atom. The Labute approximate surface area is 53.6 Å². The summed E-state index contributed by atoms with van der Waals surface area (Å²) in [5.41, 5.74) is 5.13. The first-order chi connectivity index (χ1) is 4.33. The van der Waals surface area contributed by atoms with Gasteiger partial charge in [-0.2, -0.15) is 0 Å². The fraction of sp³-hybridized carbons (Fsp3) is 1.00. The Kier molecular flexibility index (Phi) is 1.96. The maximum Gasteiger partial charge on any atom is 0.171 e. The van der Waals surface area contributed by atoms with Crippen molar-refractivity contribution < 1.29 is 4.70 Å². The van der Waals surface area contributed by atoms with Crippen LogP contribution in [0.1, 0.15) is 0 Å². The molecular formula is C3H13N6+. The second kappa shape index (κ2) is 2.56. The number of hydrogen-bond acceptors (Lipinski definition) is 5. The van der Waals surface area contributed by atoms with Gasteiger partial charge in [0.25, 0.3) is 0 Å². The Bertz CT molecular complexity index is 80.3. The van der Waals surface area contributed by atoms with E-state index in [1.807, 2.05) is 0 Å². The molecule has 1 aliphatic heterocycles. The summed E-state index contributed by atoms with van der Waals surface area (Å²) < 4.78 is 0.333. The minimum atomic E-state index is 0.333. The Hall–Kier alpha value is -0.240. The van der Waals surface area contributed by atoms with Gasteiger partial charge < -0.3 is 0 Å². The molecule has 6 heteroatoms. The van der Waals surface area contributed by atoms with E-state index in [1.54, 1.807) is 0 Å². The van der Waals surface area contributed by atoms with Gasteiger partial charge in [-0.25, -0.2) is 11.7 Å². The molecular weight excluding hydrogens is 120 g/mol. The molecule has 54 valence electrons. The standard InChI is InChI=1S/C3H13N6/c4-7-9(8-5)2-1-6-3-9/h6-8H,1-5H2/q+1. The van der Waals surface area contributed by atoms with Gasteiger partial charge >= 0.3 is 0 Å². The molecule has 1 aliphatic rings. The summed E-state index contributed by atoms with van der Waals surface area (Å²) in [5, 5.41) is 3.10. The number of nitrogens with two attached hydrogens (primary N) is 2. The van der Waals surface area contributed by atoms with Crippen LogP contribution in [0.2, 0.25) is 0 Å². The van der Waals surface area contributed by atoms with Gasteiger partial charge in [-0.15, -0.1) is 4.70 Å². The lowest BCUT2D eigenvalue weighted by molar-refractivity contribution is -1.00. The van der Waals surface area contributed by atoms with Crippen LogP contribution in [0.4, 0.5) is 0 Å². The van der Waals surface area contributed by atoms with Crippen LogP contribution in [0.25, 0.3) is 0 Å². The summed E-state index contributed by atoms with van der Waals surface area (Å²) in [4.78, 5) is 0. The first-order valence-corrected chi connectivity index (χ1v) is 2.86. The number of hydrazine groups is 2.